The molecular formula is C18H20Cl2N2O2. The number of allylic oxidation sites excluding steroid dienone is 2. The minimum Gasteiger partial charge on any atom is -0.330 e. The van der Waals surface area contributed by atoms with Crippen LogP contribution in [0.15, 0.2) is 30.4 Å². The van der Waals surface area contributed by atoms with Crippen molar-refractivity contribution in [3.63, 3.8) is 0 Å². The number of nitrogens with one attached hydrogen (secondary N) is 1. The second-order valence-corrected chi connectivity index (χ2v) is 7.13. The summed E-state index contributed by atoms with van der Waals surface area (Å²) < 4.78 is 0. The average Bonchev–Trinajstić information content (AvgIpc) is 3.08. The Morgan fingerprint density at radius 3 is 2.75 bits per heavy atom. The van der Waals surface area contributed by atoms with E-state index >= 15 is 0 Å². The van der Waals surface area contributed by atoms with Gasteiger partial charge in [-0.25, -0.2) is 0 Å². The van der Waals surface area contributed by atoms with Crippen LogP contribution in [0.25, 0.3) is 0 Å². The summed E-state index contributed by atoms with van der Waals surface area (Å²) in [5, 5.41) is 3.75. The predicted molar refractivity (Wildman–Crippen MR) is 96.3 cm³/mol. The van der Waals surface area contributed by atoms with Crippen molar-refractivity contribution in [3.05, 3.63) is 40.4 Å². The highest BCUT2D eigenvalue weighted by Crippen LogP contribution is 2.29. The minimum atomic E-state index is -0.432. The Morgan fingerprint density at radius 1 is 1.17 bits per heavy atom. The smallest absolute Gasteiger partial charge is 0.247 e. The van der Waals surface area contributed by atoms with Crippen molar-refractivity contribution in [2.75, 3.05) is 11.9 Å². The summed E-state index contributed by atoms with van der Waals surface area (Å²) in [6.45, 7) is 0.639. The number of nitrogens with zero attached hydrogens (tertiary/aromatic N) is 1. The van der Waals surface area contributed by atoms with Crippen LogP contribution < -0.4 is 5.32 Å². The highest BCUT2D eigenvalue weighted by molar-refractivity contribution is 6.35. The molecule has 24 heavy (non-hydrogen) atoms. The number of anilines is 1. The van der Waals surface area contributed by atoms with E-state index in [1.165, 1.54) is 0 Å². The third-order valence-corrected chi connectivity index (χ3v) is 5.21. The van der Waals surface area contributed by atoms with Crippen molar-refractivity contribution in [1.82, 2.24) is 4.90 Å². The molecule has 0 spiro atoms. The van der Waals surface area contributed by atoms with Crippen LogP contribution in [-0.4, -0.2) is 29.3 Å². The summed E-state index contributed by atoms with van der Waals surface area (Å²) in [4.78, 5) is 27.1. The maximum Gasteiger partial charge on any atom is 0.247 e. The van der Waals surface area contributed by atoms with Gasteiger partial charge in [-0.2, -0.15) is 0 Å². The molecule has 1 saturated heterocycles. The van der Waals surface area contributed by atoms with Crippen LogP contribution in [0, 0.1) is 5.92 Å². The van der Waals surface area contributed by atoms with Crippen LogP contribution in [0.5, 0.6) is 0 Å². The number of halogens is 2. The molecule has 4 nitrogen and oxygen atoms in total. The summed E-state index contributed by atoms with van der Waals surface area (Å²) in [6, 6.07) is 4.50. The molecule has 0 aromatic heterocycles. The van der Waals surface area contributed by atoms with Gasteiger partial charge in [0, 0.05) is 17.5 Å². The largest absolute Gasteiger partial charge is 0.330 e. The molecule has 0 saturated carbocycles. The second kappa shape index (κ2) is 7.58. The third-order valence-electron chi connectivity index (χ3n) is 4.64. The van der Waals surface area contributed by atoms with Crippen molar-refractivity contribution >= 4 is 40.7 Å². The Bertz CT molecular complexity index is 675. The molecule has 0 bridgehead atoms. The molecule has 1 aliphatic heterocycles. The van der Waals surface area contributed by atoms with E-state index in [-0.39, 0.29) is 17.7 Å². The highest BCUT2D eigenvalue weighted by Gasteiger charge is 2.37. The number of benzene rings is 1. The van der Waals surface area contributed by atoms with Gasteiger partial charge in [-0.3, -0.25) is 9.59 Å². The van der Waals surface area contributed by atoms with E-state index in [4.69, 9.17) is 23.2 Å². The van der Waals surface area contributed by atoms with Gasteiger partial charge in [0.05, 0.1) is 10.7 Å². The Kier molecular flexibility index (Phi) is 5.47. The molecular weight excluding hydrogens is 347 g/mol. The normalized spacial score (nSPS) is 23.3. The fourth-order valence-corrected chi connectivity index (χ4v) is 3.70. The Balaban J connectivity index is 1.70. The van der Waals surface area contributed by atoms with Crippen molar-refractivity contribution < 1.29 is 9.59 Å². The van der Waals surface area contributed by atoms with E-state index in [1.807, 2.05) is 0 Å². The van der Waals surface area contributed by atoms with Crippen LogP contribution in [0.2, 0.25) is 10.0 Å². The van der Waals surface area contributed by atoms with Crippen molar-refractivity contribution in [3.8, 4) is 0 Å². The van der Waals surface area contributed by atoms with Crippen LogP contribution in [0.4, 0.5) is 5.69 Å². The maximum absolute atomic E-state index is 12.8. The van der Waals surface area contributed by atoms with E-state index in [0.29, 0.717) is 28.7 Å². The predicted octanol–water partition coefficient (Wildman–Crippen LogP) is 4.28. The zero-order chi connectivity index (χ0) is 17.1. The van der Waals surface area contributed by atoms with E-state index in [0.717, 1.165) is 25.7 Å². The van der Waals surface area contributed by atoms with Gasteiger partial charge in [-0.05, 0) is 50.3 Å². The standard InChI is InChI=1S/C18H20Cl2N2O2/c19-13-8-9-14(20)15(11-13)21-17(23)16-7-4-10-22(16)18(24)12-5-2-1-3-6-12/h1-2,8-9,11-12,16H,3-7,10H2,(H,21,23)/t12-,16+/m0/s1. The Morgan fingerprint density at radius 2 is 2.00 bits per heavy atom. The van der Waals surface area contributed by atoms with Crippen LogP contribution in [0.3, 0.4) is 0 Å². The number of likely N-dealkylation sites (tertiary alicyclic amines) is 1. The van der Waals surface area contributed by atoms with Crippen LogP contribution >= 0.6 is 23.2 Å². The number of amides is 2. The molecule has 3 rings (SSSR count). The number of hydrogen-bond donors (Lipinski definition) is 1. The van der Waals surface area contributed by atoms with E-state index in [2.05, 4.69) is 17.5 Å². The summed E-state index contributed by atoms with van der Waals surface area (Å²) in [7, 11) is 0. The molecule has 6 heteroatoms. The molecule has 2 atom stereocenters. The molecule has 0 radical (unpaired) electrons. The summed E-state index contributed by atoms with van der Waals surface area (Å²) in [5.74, 6) is -0.108. The lowest BCUT2D eigenvalue weighted by atomic mass is 9.93. The second-order valence-electron chi connectivity index (χ2n) is 6.28. The SMILES string of the molecule is O=C(Nc1cc(Cl)ccc1Cl)[C@H]1CCCN1C(=O)[C@H]1CC=CCC1. The minimum absolute atomic E-state index is 0.00171. The number of carbonyl (C=O) groups excluding carboxylic acids is 2. The lowest BCUT2D eigenvalue weighted by Gasteiger charge is -2.28. The topological polar surface area (TPSA) is 49.4 Å². The van der Waals surface area contributed by atoms with E-state index < -0.39 is 6.04 Å². The van der Waals surface area contributed by atoms with Gasteiger partial charge in [-0.1, -0.05) is 35.4 Å². The fraction of sp³-hybridized carbons (Fsp3) is 0.444. The van der Waals surface area contributed by atoms with Gasteiger partial charge < -0.3 is 10.2 Å². The van der Waals surface area contributed by atoms with Gasteiger partial charge >= 0.3 is 0 Å². The first kappa shape index (κ1) is 17.3. The fourth-order valence-electron chi connectivity index (χ4n) is 3.36. The van der Waals surface area contributed by atoms with E-state index in [1.54, 1.807) is 23.1 Å². The summed E-state index contributed by atoms with van der Waals surface area (Å²) in [5.41, 5.74) is 0.481. The zero-order valence-corrected chi connectivity index (χ0v) is 14.8. The molecule has 1 aromatic carbocycles. The molecule has 1 aliphatic carbocycles. The first-order chi connectivity index (χ1) is 11.6. The molecule has 128 valence electrons. The van der Waals surface area contributed by atoms with Gasteiger partial charge in [0.2, 0.25) is 11.8 Å². The molecule has 2 amide bonds. The monoisotopic (exact) mass is 366 g/mol. The Labute approximate surface area is 151 Å². The summed E-state index contributed by atoms with van der Waals surface area (Å²) in [6.07, 6.45) is 8.25. The first-order valence-corrected chi connectivity index (χ1v) is 9.03. The summed E-state index contributed by atoms with van der Waals surface area (Å²) >= 11 is 12.1. The first-order valence-electron chi connectivity index (χ1n) is 8.27. The average molecular weight is 367 g/mol. The molecule has 0 unspecified atom stereocenters. The molecule has 1 heterocycles. The van der Waals surface area contributed by atoms with Crippen LogP contribution in [0.1, 0.15) is 32.1 Å². The number of carbonyl (C=O) groups is 2. The quantitative estimate of drug-likeness (QED) is 0.811. The lowest BCUT2D eigenvalue weighted by molar-refractivity contribution is -0.140. The highest BCUT2D eigenvalue weighted by atomic mass is 35.5. The van der Waals surface area contributed by atoms with Gasteiger partial charge in [-0.15, -0.1) is 0 Å². The maximum atomic E-state index is 12.8. The number of hydrogen-bond acceptors (Lipinski definition) is 2. The Hall–Kier alpha value is -1.52. The van der Waals surface area contributed by atoms with Gasteiger partial charge in [0.15, 0.2) is 0 Å². The van der Waals surface area contributed by atoms with Gasteiger partial charge in [0.25, 0.3) is 0 Å². The number of rotatable bonds is 3. The van der Waals surface area contributed by atoms with E-state index in [9.17, 15) is 9.59 Å². The molecule has 2 aliphatic rings. The molecule has 1 aromatic rings. The third kappa shape index (κ3) is 3.76. The molecule has 1 N–H and O–H groups in total. The van der Waals surface area contributed by atoms with Crippen LogP contribution in [-0.2, 0) is 9.59 Å². The van der Waals surface area contributed by atoms with Crippen molar-refractivity contribution in [1.29, 1.82) is 0 Å². The molecule has 1 fully saturated rings. The zero-order valence-electron chi connectivity index (χ0n) is 13.3. The van der Waals surface area contributed by atoms with Gasteiger partial charge in [0.1, 0.15) is 6.04 Å². The van der Waals surface area contributed by atoms with Crippen molar-refractivity contribution in [2.24, 2.45) is 5.92 Å². The lowest BCUT2D eigenvalue weighted by Crippen LogP contribution is -2.45. The van der Waals surface area contributed by atoms with Crippen molar-refractivity contribution in [2.45, 2.75) is 38.1 Å².